The molecule has 29 heavy (non-hydrogen) atoms. The van der Waals surface area contributed by atoms with E-state index in [2.05, 4.69) is 14.5 Å². The number of nitrogen functional groups attached to an aromatic ring is 1. The molecule has 1 aliphatic rings. The number of benzene rings is 1. The Morgan fingerprint density at radius 2 is 2.14 bits per heavy atom. The van der Waals surface area contributed by atoms with Crippen molar-refractivity contribution >= 4 is 11.3 Å². The van der Waals surface area contributed by atoms with E-state index in [-0.39, 0.29) is 0 Å². The molecule has 1 fully saturated rings. The first-order valence-corrected chi connectivity index (χ1v) is 9.89. The maximum Gasteiger partial charge on any atom is 0.150 e. The number of aromatic nitrogens is 4. The van der Waals surface area contributed by atoms with Crippen LogP contribution in [0, 0.1) is 13.8 Å². The van der Waals surface area contributed by atoms with Gasteiger partial charge in [-0.3, -0.25) is 4.40 Å². The zero-order valence-electron chi connectivity index (χ0n) is 16.6. The lowest BCUT2D eigenvalue weighted by Gasteiger charge is -2.23. The maximum absolute atomic E-state index is 6.24. The van der Waals surface area contributed by atoms with Gasteiger partial charge in [-0.15, -0.1) is 0 Å². The number of hydrogen-bond acceptors (Lipinski definition) is 6. The van der Waals surface area contributed by atoms with E-state index in [0.717, 1.165) is 45.4 Å². The van der Waals surface area contributed by atoms with Crippen LogP contribution in [0.15, 0.2) is 41.2 Å². The van der Waals surface area contributed by atoms with Crippen molar-refractivity contribution in [2.24, 2.45) is 0 Å². The summed E-state index contributed by atoms with van der Waals surface area (Å²) >= 11 is 0. The molecule has 4 aromatic rings. The number of nitrogens with zero attached hydrogens (tertiary/aromatic N) is 4. The summed E-state index contributed by atoms with van der Waals surface area (Å²) in [6.07, 6.45) is 7.27. The van der Waals surface area contributed by atoms with E-state index >= 15 is 0 Å². The van der Waals surface area contributed by atoms with Crippen LogP contribution in [0.4, 0.5) is 5.82 Å². The molecule has 1 aliphatic carbocycles. The molecule has 0 unspecified atom stereocenters. The number of rotatable bonds is 5. The Bertz CT molecular complexity index is 1170. The summed E-state index contributed by atoms with van der Waals surface area (Å²) in [5.41, 5.74) is 10.7. The van der Waals surface area contributed by atoms with Gasteiger partial charge in [0.25, 0.3) is 0 Å². The molecule has 0 radical (unpaired) electrons. The van der Waals surface area contributed by atoms with Gasteiger partial charge in [0.1, 0.15) is 41.0 Å². The van der Waals surface area contributed by atoms with E-state index in [1.807, 2.05) is 44.3 Å². The predicted molar refractivity (Wildman–Crippen MR) is 110 cm³/mol. The molecule has 7 heteroatoms. The van der Waals surface area contributed by atoms with Crippen molar-refractivity contribution in [1.82, 2.24) is 19.5 Å². The van der Waals surface area contributed by atoms with Crippen LogP contribution in [-0.4, -0.2) is 19.5 Å². The molecular weight excluding hydrogens is 366 g/mol. The zero-order chi connectivity index (χ0) is 20.0. The Morgan fingerprint density at radius 3 is 2.86 bits per heavy atom. The lowest BCUT2D eigenvalue weighted by Crippen LogP contribution is -2.12. The molecule has 0 aliphatic heterocycles. The third-order valence-corrected chi connectivity index (χ3v) is 5.75. The Labute approximate surface area is 168 Å². The highest BCUT2D eigenvalue weighted by molar-refractivity contribution is 5.85. The van der Waals surface area contributed by atoms with Gasteiger partial charge in [0, 0.05) is 23.9 Å². The Kier molecular flexibility index (Phi) is 4.23. The van der Waals surface area contributed by atoms with Crippen molar-refractivity contribution in [2.45, 2.75) is 45.6 Å². The van der Waals surface area contributed by atoms with E-state index in [4.69, 9.17) is 20.0 Å². The van der Waals surface area contributed by atoms with Gasteiger partial charge in [0.05, 0.1) is 11.3 Å². The minimum atomic E-state index is 0.408. The van der Waals surface area contributed by atoms with E-state index in [1.54, 1.807) is 6.20 Å². The highest BCUT2D eigenvalue weighted by atomic mass is 16.5. The molecule has 7 nitrogen and oxygen atoms in total. The van der Waals surface area contributed by atoms with Gasteiger partial charge < -0.3 is 15.0 Å². The summed E-state index contributed by atoms with van der Waals surface area (Å²) in [6.45, 7) is 4.22. The van der Waals surface area contributed by atoms with E-state index in [9.17, 15) is 0 Å². The summed E-state index contributed by atoms with van der Waals surface area (Å²) in [5, 5.41) is 3.98. The second kappa shape index (κ2) is 6.92. The van der Waals surface area contributed by atoms with Gasteiger partial charge in [-0.25, -0.2) is 9.97 Å². The van der Waals surface area contributed by atoms with Crippen molar-refractivity contribution in [3.05, 3.63) is 59.5 Å². The summed E-state index contributed by atoms with van der Waals surface area (Å²) in [7, 11) is 0. The first-order valence-electron chi connectivity index (χ1n) is 9.89. The van der Waals surface area contributed by atoms with Gasteiger partial charge in [0.2, 0.25) is 0 Å². The Balaban J connectivity index is 1.51. The minimum absolute atomic E-state index is 0.408. The van der Waals surface area contributed by atoms with Crippen LogP contribution < -0.4 is 10.5 Å². The molecule has 0 saturated heterocycles. The molecular formula is C22H23N5O2. The second-order valence-corrected chi connectivity index (χ2v) is 7.60. The molecule has 3 heterocycles. The van der Waals surface area contributed by atoms with Crippen LogP contribution in [0.1, 0.15) is 48.0 Å². The Morgan fingerprint density at radius 1 is 1.28 bits per heavy atom. The van der Waals surface area contributed by atoms with Gasteiger partial charge in [-0.2, -0.15) is 0 Å². The molecule has 0 bridgehead atoms. The lowest BCUT2D eigenvalue weighted by atomic mass is 9.85. The quantitative estimate of drug-likeness (QED) is 0.543. The van der Waals surface area contributed by atoms with Crippen LogP contribution in [0.3, 0.4) is 0 Å². The molecule has 0 amide bonds. The predicted octanol–water partition coefficient (Wildman–Crippen LogP) is 4.43. The van der Waals surface area contributed by atoms with Gasteiger partial charge in [0.15, 0.2) is 0 Å². The first-order chi connectivity index (χ1) is 14.1. The lowest BCUT2D eigenvalue weighted by molar-refractivity contribution is 0.302. The number of anilines is 1. The fourth-order valence-electron chi connectivity index (χ4n) is 3.84. The van der Waals surface area contributed by atoms with Crippen LogP contribution in [-0.2, 0) is 6.61 Å². The van der Waals surface area contributed by atoms with Crippen LogP contribution in [0.2, 0.25) is 0 Å². The van der Waals surface area contributed by atoms with Crippen molar-refractivity contribution in [1.29, 1.82) is 0 Å². The van der Waals surface area contributed by atoms with Crippen LogP contribution in [0.25, 0.3) is 16.8 Å². The largest absolute Gasteiger partial charge is 0.489 e. The molecule has 3 aromatic heterocycles. The number of imidazole rings is 1. The number of aryl methyl sites for hydroxylation is 2. The molecule has 148 valence electrons. The second-order valence-electron chi connectivity index (χ2n) is 7.60. The molecule has 0 spiro atoms. The summed E-state index contributed by atoms with van der Waals surface area (Å²) in [4.78, 5) is 9.27. The zero-order valence-corrected chi connectivity index (χ0v) is 16.6. The van der Waals surface area contributed by atoms with E-state index in [0.29, 0.717) is 18.3 Å². The van der Waals surface area contributed by atoms with Gasteiger partial charge in [-0.1, -0.05) is 23.7 Å². The maximum atomic E-state index is 6.24. The normalized spacial score (nSPS) is 14.3. The summed E-state index contributed by atoms with van der Waals surface area (Å²) < 4.78 is 13.3. The number of nitrogens with two attached hydrogens (primary N) is 1. The summed E-state index contributed by atoms with van der Waals surface area (Å²) in [5.74, 6) is 3.58. The number of ether oxygens (including phenoxy) is 1. The highest BCUT2D eigenvalue weighted by Gasteiger charge is 2.27. The first kappa shape index (κ1) is 17.7. The molecule has 1 saturated carbocycles. The molecule has 0 atom stereocenters. The average molecular weight is 389 g/mol. The average Bonchev–Trinajstić information content (AvgIpc) is 3.21. The van der Waals surface area contributed by atoms with Crippen molar-refractivity contribution in [3.63, 3.8) is 0 Å². The van der Waals surface area contributed by atoms with Crippen LogP contribution in [0.5, 0.6) is 5.75 Å². The molecule has 1 aromatic carbocycles. The Hall–Kier alpha value is -3.35. The van der Waals surface area contributed by atoms with Crippen LogP contribution >= 0.6 is 0 Å². The van der Waals surface area contributed by atoms with Gasteiger partial charge in [-0.05, 0) is 38.8 Å². The third kappa shape index (κ3) is 3.03. The minimum Gasteiger partial charge on any atom is -0.489 e. The van der Waals surface area contributed by atoms with Gasteiger partial charge >= 0.3 is 0 Å². The fraction of sp³-hybridized carbons (Fsp3) is 0.318. The van der Waals surface area contributed by atoms with Crippen molar-refractivity contribution in [2.75, 3.05) is 5.73 Å². The van der Waals surface area contributed by atoms with Crippen molar-refractivity contribution in [3.8, 4) is 17.0 Å². The molecule has 5 rings (SSSR count). The van der Waals surface area contributed by atoms with Crippen molar-refractivity contribution < 1.29 is 9.26 Å². The fourth-order valence-corrected chi connectivity index (χ4v) is 3.84. The summed E-state index contributed by atoms with van der Waals surface area (Å²) in [6, 6.07) is 7.94. The number of hydrogen-bond donors (Lipinski definition) is 1. The van der Waals surface area contributed by atoms with E-state index < -0.39 is 0 Å². The van der Waals surface area contributed by atoms with E-state index in [1.165, 1.54) is 19.3 Å². The molecule has 2 N–H and O–H groups in total. The third-order valence-electron chi connectivity index (χ3n) is 5.75. The monoisotopic (exact) mass is 389 g/mol. The number of fused-ring (bicyclic) bond motifs is 1. The highest BCUT2D eigenvalue weighted by Crippen LogP contribution is 2.39. The topological polar surface area (TPSA) is 91.5 Å². The standard InChI is InChI=1S/C22H23N5O2/c1-13-18(14(2)29-26-13)12-28-17-8-4-7-16(11-17)19-20-21(23)24-9-10-27(20)22(25-19)15-5-3-6-15/h4,7-11,15H,3,5-6,12H2,1-2H3,(H2,23,24). The smallest absolute Gasteiger partial charge is 0.150 e. The SMILES string of the molecule is Cc1noc(C)c1COc1cccc(-c2nc(C3CCC3)n3ccnc(N)c23)c1.